The second-order valence-corrected chi connectivity index (χ2v) is 9.01. The van der Waals surface area contributed by atoms with Crippen LogP contribution in [0.15, 0.2) is 108 Å². The van der Waals surface area contributed by atoms with E-state index in [4.69, 9.17) is 0 Å². The van der Waals surface area contributed by atoms with Gasteiger partial charge in [0.05, 0.1) is 0 Å². The molecule has 0 aromatic heterocycles. The zero-order valence-corrected chi connectivity index (χ0v) is 20.8. The molecule has 0 spiro atoms. The van der Waals surface area contributed by atoms with E-state index in [-0.39, 0.29) is 5.82 Å². The van der Waals surface area contributed by atoms with Crippen LogP contribution in [-0.2, 0) is 6.54 Å². The molecule has 3 aromatic carbocycles. The molecule has 0 atom stereocenters. The van der Waals surface area contributed by atoms with Crippen LogP contribution < -0.4 is 20.9 Å². The molecule has 1 fully saturated rings. The van der Waals surface area contributed by atoms with Crippen LogP contribution in [0.2, 0.25) is 0 Å². The SMILES string of the molecule is C=C(/N=C\C=C(/C)Nc1ccc(F)cc1)Nc1ccc(N2CCC(NCc3ccccc3)CC2)cc1. The number of aliphatic imine (C=N–C) groups is 1. The zero-order valence-electron chi connectivity index (χ0n) is 20.8. The Labute approximate surface area is 213 Å². The largest absolute Gasteiger partial charge is 0.371 e. The normalized spacial score (nSPS) is 14.7. The Hall–Kier alpha value is -3.90. The first-order chi connectivity index (χ1) is 17.5. The molecule has 4 rings (SSSR count). The molecule has 0 aliphatic carbocycles. The van der Waals surface area contributed by atoms with Gasteiger partial charge in [0.2, 0.25) is 0 Å². The van der Waals surface area contributed by atoms with Crippen molar-refractivity contribution in [3.05, 3.63) is 114 Å². The summed E-state index contributed by atoms with van der Waals surface area (Å²) in [5.41, 5.74) is 5.23. The minimum absolute atomic E-state index is 0.254. The quantitative estimate of drug-likeness (QED) is 0.286. The molecule has 0 amide bonds. The Morgan fingerprint density at radius 2 is 1.58 bits per heavy atom. The number of anilines is 3. The van der Waals surface area contributed by atoms with Crippen LogP contribution in [0, 0.1) is 5.82 Å². The molecule has 0 unspecified atom stereocenters. The zero-order chi connectivity index (χ0) is 25.2. The summed E-state index contributed by atoms with van der Waals surface area (Å²) in [5, 5.41) is 10.1. The fourth-order valence-corrected chi connectivity index (χ4v) is 4.20. The van der Waals surface area contributed by atoms with E-state index in [2.05, 4.69) is 87.0 Å². The van der Waals surface area contributed by atoms with Gasteiger partial charge in [-0.3, -0.25) is 0 Å². The summed E-state index contributed by atoms with van der Waals surface area (Å²) in [6.45, 7) is 8.93. The number of allylic oxidation sites excluding steroid dienone is 2. The van der Waals surface area contributed by atoms with Crippen LogP contribution >= 0.6 is 0 Å². The van der Waals surface area contributed by atoms with E-state index in [9.17, 15) is 4.39 Å². The summed E-state index contributed by atoms with van der Waals surface area (Å²) < 4.78 is 13.0. The Kier molecular flexibility index (Phi) is 8.89. The van der Waals surface area contributed by atoms with E-state index in [0.29, 0.717) is 11.9 Å². The van der Waals surface area contributed by atoms with E-state index < -0.39 is 0 Å². The molecule has 3 aromatic rings. The van der Waals surface area contributed by atoms with Crippen molar-refractivity contribution in [2.24, 2.45) is 4.99 Å². The third-order valence-corrected chi connectivity index (χ3v) is 6.19. The first-order valence-electron chi connectivity index (χ1n) is 12.4. The highest BCUT2D eigenvalue weighted by Crippen LogP contribution is 2.23. The summed E-state index contributed by atoms with van der Waals surface area (Å²) in [6, 6.07) is 25.8. The van der Waals surface area contributed by atoms with Crippen LogP contribution in [0.5, 0.6) is 0 Å². The summed E-state index contributed by atoms with van der Waals surface area (Å²) >= 11 is 0. The standard InChI is InChI=1S/C30H34FN5/c1-23(34-28-10-8-26(31)9-11-28)16-19-32-24(2)35-29-12-14-30(15-13-29)36-20-17-27(18-21-36)33-22-25-6-4-3-5-7-25/h3-16,19,27,33-35H,2,17-18,20-22H2,1H3/b23-16+,32-19-. The van der Waals surface area contributed by atoms with Gasteiger partial charge in [-0.05, 0) is 79.9 Å². The lowest BCUT2D eigenvalue weighted by Crippen LogP contribution is -2.42. The Bertz CT molecular complexity index is 1160. The van der Waals surface area contributed by atoms with Crippen LogP contribution in [0.1, 0.15) is 25.3 Å². The Morgan fingerprint density at radius 3 is 2.28 bits per heavy atom. The summed E-state index contributed by atoms with van der Waals surface area (Å²) in [7, 11) is 0. The molecule has 0 radical (unpaired) electrons. The maximum Gasteiger partial charge on any atom is 0.123 e. The van der Waals surface area contributed by atoms with Crippen molar-refractivity contribution < 1.29 is 4.39 Å². The lowest BCUT2D eigenvalue weighted by atomic mass is 10.0. The lowest BCUT2D eigenvalue weighted by Gasteiger charge is -2.34. The Balaban J connectivity index is 1.20. The van der Waals surface area contributed by atoms with Crippen molar-refractivity contribution in [3.63, 3.8) is 0 Å². The number of benzene rings is 3. The average molecular weight is 484 g/mol. The molecule has 0 bridgehead atoms. The van der Waals surface area contributed by atoms with Crippen molar-refractivity contribution in [1.29, 1.82) is 0 Å². The molecule has 6 heteroatoms. The highest BCUT2D eigenvalue weighted by atomic mass is 19.1. The summed E-state index contributed by atoms with van der Waals surface area (Å²) in [6.07, 6.45) is 5.81. The molecular formula is C30H34FN5. The minimum Gasteiger partial charge on any atom is -0.371 e. The maximum absolute atomic E-state index is 13.0. The van der Waals surface area contributed by atoms with Gasteiger partial charge in [-0.1, -0.05) is 36.9 Å². The van der Waals surface area contributed by atoms with Gasteiger partial charge >= 0.3 is 0 Å². The van der Waals surface area contributed by atoms with Crippen LogP contribution in [0.3, 0.4) is 0 Å². The molecule has 186 valence electrons. The summed E-state index contributed by atoms with van der Waals surface area (Å²) in [5.74, 6) is 0.300. The molecule has 36 heavy (non-hydrogen) atoms. The van der Waals surface area contributed by atoms with Gasteiger partial charge in [-0.25, -0.2) is 9.38 Å². The number of halogens is 1. The van der Waals surface area contributed by atoms with Crippen LogP contribution in [-0.4, -0.2) is 25.3 Å². The third-order valence-electron chi connectivity index (χ3n) is 6.19. The van der Waals surface area contributed by atoms with Gasteiger partial charge in [0, 0.05) is 54.6 Å². The van der Waals surface area contributed by atoms with Crippen molar-refractivity contribution in [2.45, 2.75) is 32.4 Å². The van der Waals surface area contributed by atoms with Gasteiger partial charge in [-0.15, -0.1) is 0 Å². The highest BCUT2D eigenvalue weighted by molar-refractivity contribution is 5.74. The fourth-order valence-electron chi connectivity index (χ4n) is 4.20. The van der Waals surface area contributed by atoms with Gasteiger partial charge < -0.3 is 20.9 Å². The molecule has 1 aliphatic rings. The number of nitrogens with zero attached hydrogens (tertiary/aromatic N) is 2. The smallest absolute Gasteiger partial charge is 0.123 e. The van der Waals surface area contributed by atoms with Gasteiger partial charge in [0.15, 0.2) is 0 Å². The number of nitrogens with one attached hydrogen (secondary N) is 3. The monoisotopic (exact) mass is 483 g/mol. The van der Waals surface area contributed by atoms with Gasteiger partial charge in [-0.2, -0.15) is 0 Å². The second-order valence-electron chi connectivity index (χ2n) is 9.01. The molecule has 0 saturated carbocycles. The Morgan fingerprint density at radius 1 is 0.944 bits per heavy atom. The van der Waals surface area contributed by atoms with Crippen molar-refractivity contribution in [1.82, 2.24) is 5.32 Å². The predicted molar refractivity (Wildman–Crippen MR) is 150 cm³/mol. The lowest BCUT2D eigenvalue weighted by molar-refractivity contribution is 0.414. The first-order valence-corrected chi connectivity index (χ1v) is 12.4. The van der Waals surface area contributed by atoms with Gasteiger partial charge in [0.1, 0.15) is 11.6 Å². The maximum atomic E-state index is 13.0. The average Bonchev–Trinajstić information content (AvgIpc) is 2.90. The van der Waals surface area contributed by atoms with E-state index in [0.717, 1.165) is 49.5 Å². The predicted octanol–water partition coefficient (Wildman–Crippen LogP) is 6.55. The third kappa shape index (κ3) is 7.82. The molecule has 5 nitrogen and oxygen atoms in total. The topological polar surface area (TPSA) is 51.7 Å². The van der Waals surface area contributed by atoms with E-state index in [1.807, 2.05) is 13.0 Å². The van der Waals surface area contributed by atoms with Crippen molar-refractivity contribution in [2.75, 3.05) is 28.6 Å². The van der Waals surface area contributed by atoms with Crippen LogP contribution in [0.25, 0.3) is 0 Å². The van der Waals surface area contributed by atoms with Gasteiger partial charge in [0.25, 0.3) is 0 Å². The van der Waals surface area contributed by atoms with E-state index in [1.54, 1.807) is 18.3 Å². The minimum atomic E-state index is -0.254. The molecule has 1 aliphatic heterocycles. The molecule has 3 N–H and O–H groups in total. The molecular weight excluding hydrogens is 449 g/mol. The fraction of sp³-hybridized carbons (Fsp3) is 0.233. The second kappa shape index (κ2) is 12.7. The van der Waals surface area contributed by atoms with E-state index >= 15 is 0 Å². The number of rotatable bonds is 10. The van der Waals surface area contributed by atoms with Crippen LogP contribution in [0.4, 0.5) is 21.5 Å². The number of hydrogen-bond donors (Lipinski definition) is 3. The van der Waals surface area contributed by atoms with Crippen molar-refractivity contribution >= 4 is 23.3 Å². The summed E-state index contributed by atoms with van der Waals surface area (Å²) in [4.78, 5) is 6.79. The highest BCUT2D eigenvalue weighted by Gasteiger charge is 2.19. The van der Waals surface area contributed by atoms with Crippen molar-refractivity contribution in [3.8, 4) is 0 Å². The number of piperidine rings is 1. The molecule has 1 saturated heterocycles. The number of hydrogen-bond acceptors (Lipinski definition) is 5. The van der Waals surface area contributed by atoms with E-state index in [1.165, 1.54) is 23.4 Å². The molecule has 1 heterocycles. The first kappa shape index (κ1) is 25.2.